The van der Waals surface area contributed by atoms with Crippen molar-refractivity contribution in [3.05, 3.63) is 65.7 Å². The molecule has 0 atom stereocenters. The second kappa shape index (κ2) is 6.67. The summed E-state index contributed by atoms with van der Waals surface area (Å²) < 4.78 is 5.89. The number of amides is 2. The summed E-state index contributed by atoms with van der Waals surface area (Å²) in [6, 6.07) is 17.7. The van der Waals surface area contributed by atoms with Gasteiger partial charge in [0.2, 0.25) is 5.88 Å². The molecule has 5 nitrogen and oxygen atoms in total. The number of benzene rings is 2. The SMILES string of the molecule is Cc1cc(C)cc(NC(=O)N2CC(Oc3ccc4ccccc4n3)C2)c1. The summed E-state index contributed by atoms with van der Waals surface area (Å²) >= 11 is 0. The molecule has 3 aromatic rings. The molecule has 0 spiro atoms. The van der Waals surface area contributed by atoms with Crippen LogP contribution < -0.4 is 10.1 Å². The molecule has 2 heterocycles. The molecule has 26 heavy (non-hydrogen) atoms. The van der Waals surface area contributed by atoms with Crippen LogP contribution in [0.1, 0.15) is 11.1 Å². The third-order valence-corrected chi connectivity index (χ3v) is 4.47. The van der Waals surface area contributed by atoms with E-state index in [1.165, 1.54) is 0 Å². The van der Waals surface area contributed by atoms with E-state index in [2.05, 4.69) is 16.4 Å². The summed E-state index contributed by atoms with van der Waals surface area (Å²) in [5, 5.41) is 4.04. The predicted octanol–water partition coefficient (Wildman–Crippen LogP) is 4.15. The van der Waals surface area contributed by atoms with Crippen LogP contribution in [0.4, 0.5) is 10.5 Å². The first-order valence-electron chi connectivity index (χ1n) is 8.73. The minimum Gasteiger partial charge on any atom is -0.471 e. The van der Waals surface area contributed by atoms with Crippen LogP contribution >= 0.6 is 0 Å². The molecular formula is C21H21N3O2. The summed E-state index contributed by atoms with van der Waals surface area (Å²) in [7, 11) is 0. The molecule has 2 aromatic carbocycles. The Morgan fingerprint density at radius 3 is 2.58 bits per heavy atom. The van der Waals surface area contributed by atoms with Gasteiger partial charge in [-0.1, -0.05) is 24.3 Å². The molecule has 132 valence electrons. The Morgan fingerprint density at radius 2 is 1.81 bits per heavy atom. The van der Waals surface area contributed by atoms with Gasteiger partial charge in [-0.15, -0.1) is 0 Å². The maximum atomic E-state index is 12.3. The van der Waals surface area contributed by atoms with Gasteiger partial charge in [0.05, 0.1) is 18.6 Å². The number of carbonyl (C=O) groups excluding carboxylic acids is 1. The van der Waals surface area contributed by atoms with Crippen molar-refractivity contribution in [2.75, 3.05) is 18.4 Å². The molecule has 1 N–H and O–H groups in total. The molecule has 1 fully saturated rings. The summed E-state index contributed by atoms with van der Waals surface area (Å²) in [4.78, 5) is 18.6. The molecule has 0 saturated carbocycles. The second-order valence-corrected chi connectivity index (χ2v) is 6.79. The van der Waals surface area contributed by atoms with Gasteiger partial charge >= 0.3 is 6.03 Å². The van der Waals surface area contributed by atoms with E-state index in [-0.39, 0.29) is 12.1 Å². The number of ether oxygens (including phenoxy) is 1. The van der Waals surface area contributed by atoms with Crippen LogP contribution in [0, 0.1) is 13.8 Å². The number of urea groups is 1. The summed E-state index contributed by atoms with van der Waals surface area (Å²) in [6.45, 7) is 5.16. The number of aryl methyl sites for hydroxylation is 2. The fraction of sp³-hybridized carbons (Fsp3) is 0.238. The number of anilines is 1. The highest BCUT2D eigenvalue weighted by molar-refractivity contribution is 5.90. The third-order valence-electron chi connectivity index (χ3n) is 4.47. The van der Waals surface area contributed by atoms with Gasteiger partial charge in [-0.25, -0.2) is 9.78 Å². The molecule has 0 unspecified atom stereocenters. The minimum absolute atomic E-state index is 0.0198. The first-order chi connectivity index (χ1) is 12.6. The zero-order valence-corrected chi connectivity index (χ0v) is 14.9. The lowest BCUT2D eigenvalue weighted by Crippen LogP contribution is -2.57. The molecule has 4 rings (SSSR count). The van der Waals surface area contributed by atoms with Crippen molar-refractivity contribution in [1.82, 2.24) is 9.88 Å². The van der Waals surface area contributed by atoms with Crippen LogP contribution in [0.3, 0.4) is 0 Å². The van der Waals surface area contributed by atoms with Gasteiger partial charge in [0, 0.05) is 17.1 Å². The Balaban J connectivity index is 1.33. The first-order valence-corrected chi connectivity index (χ1v) is 8.73. The van der Waals surface area contributed by atoms with Gasteiger partial charge in [-0.2, -0.15) is 0 Å². The van der Waals surface area contributed by atoms with Crippen LogP contribution in [0.2, 0.25) is 0 Å². The standard InChI is InChI=1S/C21H21N3O2/c1-14-9-15(2)11-17(10-14)22-21(25)24-12-18(13-24)26-20-8-7-16-5-3-4-6-19(16)23-20/h3-11,18H,12-13H2,1-2H3,(H,22,25). The fourth-order valence-electron chi connectivity index (χ4n) is 3.21. The van der Waals surface area contributed by atoms with Crippen LogP contribution in [0.25, 0.3) is 10.9 Å². The summed E-state index contributed by atoms with van der Waals surface area (Å²) in [5.41, 5.74) is 4.00. The van der Waals surface area contributed by atoms with Gasteiger partial charge in [0.15, 0.2) is 0 Å². The van der Waals surface area contributed by atoms with E-state index in [4.69, 9.17) is 4.74 Å². The second-order valence-electron chi connectivity index (χ2n) is 6.79. The number of para-hydroxylation sites is 1. The Hall–Kier alpha value is -3.08. The van der Waals surface area contributed by atoms with Crippen LogP contribution in [-0.2, 0) is 0 Å². The molecule has 1 aliphatic heterocycles. The van der Waals surface area contributed by atoms with Crippen LogP contribution in [0.5, 0.6) is 5.88 Å². The Bertz CT molecular complexity index is 944. The summed E-state index contributed by atoms with van der Waals surface area (Å²) in [6.07, 6.45) is -0.0198. The molecule has 1 saturated heterocycles. The lowest BCUT2D eigenvalue weighted by atomic mass is 10.1. The number of carbonyl (C=O) groups is 1. The van der Waals surface area contributed by atoms with Crippen molar-refractivity contribution in [2.45, 2.75) is 20.0 Å². The van der Waals surface area contributed by atoms with Crippen LogP contribution in [0.15, 0.2) is 54.6 Å². The van der Waals surface area contributed by atoms with Crippen molar-refractivity contribution < 1.29 is 9.53 Å². The fourth-order valence-corrected chi connectivity index (χ4v) is 3.21. The van der Waals surface area contributed by atoms with Crippen molar-refractivity contribution >= 4 is 22.6 Å². The molecule has 0 radical (unpaired) electrons. The van der Waals surface area contributed by atoms with Crippen molar-refractivity contribution in [2.24, 2.45) is 0 Å². The molecule has 2 amide bonds. The van der Waals surface area contributed by atoms with Gasteiger partial charge in [-0.05, 0) is 49.2 Å². The summed E-state index contributed by atoms with van der Waals surface area (Å²) in [5.74, 6) is 0.600. The van der Waals surface area contributed by atoms with Crippen molar-refractivity contribution in [3.8, 4) is 5.88 Å². The topological polar surface area (TPSA) is 54.5 Å². The van der Waals surface area contributed by atoms with Crippen LogP contribution in [-0.4, -0.2) is 35.1 Å². The molecule has 1 aromatic heterocycles. The Labute approximate surface area is 152 Å². The molecule has 0 bridgehead atoms. The number of aromatic nitrogens is 1. The van der Waals surface area contributed by atoms with Crippen molar-refractivity contribution in [3.63, 3.8) is 0 Å². The average molecular weight is 347 g/mol. The zero-order valence-electron chi connectivity index (χ0n) is 14.9. The number of likely N-dealkylation sites (tertiary alicyclic amines) is 1. The number of nitrogens with one attached hydrogen (secondary N) is 1. The van der Waals surface area contributed by atoms with E-state index in [1.807, 2.05) is 62.4 Å². The highest BCUT2D eigenvalue weighted by Gasteiger charge is 2.32. The maximum absolute atomic E-state index is 12.3. The van der Waals surface area contributed by atoms with E-state index in [1.54, 1.807) is 4.90 Å². The van der Waals surface area contributed by atoms with E-state index < -0.39 is 0 Å². The monoisotopic (exact) mass is 347 g/mol. The zero-order chi connectivity index (χ0) is 18.1. The number of pyridine rings is 1. The lowest BCUT2D eigenvalue weighted by Gasteiger charge is -2.38. The van der Waals surface area contributed by atoms with Crippen molar-refractivity contribution in [1.29, 1.82) is 0 Å². The maximum Gasteiger partial charge on any atom is 0.322 e. The lowest BCUT2D eigenvalue weighted by molar-refractivity contribution is 0.0463. The quantitative estimate of drug-likeness (QED) is 0.774. The van der Waals surface area contributed by atoms with Gasteiger partial charge in [0.1, 0.15) is 6.10 Å². The molecular weight excluding hydrogens is 326 g/mol. The number of rotatable bonds is 3. The van der Waals surface area contributed by atoms with E-state index in [0.717, 1.165) is 27.7 Å². The van der Waals surface area contributed by atoms with E-state index in [9.17, 15) is 4.79 Å². The van der Waals surface area contributed by atoms with Gasteiger partial charge in [-0.3, -0.25) is 0 Å². The van der Waals surface area contributed by atoms with Gasteiger partial charge < -0.3 is 15.0 Å². The predicted molar refractivity (Wildman–Crippen MR) is 103 cm³/mol. The first kappa shape index (κ1) is 16.4. The highest BCUT2D eigenvalue weighted by Crippen LogP contribution is 2.21. The van der Waals surface area contributed by atoms with Gasteiger partial charge in [0.25, 0.3) is 0 Å². The highest BCUT2D eigenvalue weighted by atomic mass is 16.5. The smallest absolute Gasteiger partial charge is 0.322 e. The molecule has 0 aliphatic carbocycles. The normalized spacial score (nSPS) is 14.2. The third kappa shape index (κ3) is 3.47. The number of nitrogens with zero attached hydrogens (tertiary/aromatic N) is 2. The van der Waals surface area contributed by atoms with E-state index in [0.29, 0.717) is 19.0 Å². The molecule has 1 aliphatic rings. The Kier molecular flexibility index (Phi) is 4.21. The minimum atomic E-state index is -0.0960. The largest absolute Gasteiger partial charge is 0.471 e. The Morgan fingerprint density at radius 1 is 1.08 bits per heavy atom. The average Bonchev–Trinajstić information content (AvgIpc) is 2.56. The number of hydrogen-bond donors (Lipinski definition) is 1. The van der Waals surface area contributed by atoms with E-state index >= 15 is 0 Å². The number of hydrogen-bond acceptors (Lipinski definition) is 3. The number of fused-ring (bicyclic) bond motifs is 1. The molecule has 5 heteroatoms.